The van der Waals surface area contributed by atoms with Crippen molar-refractivity contribution in [3.63, 3.8) is 0 Å². The Morgan fingerprint density at radius 3 is 2.39 bits per heavy atom. The summed E-state index contributed by atoms with van der Waals surface area (Å²) in [4.78, 5) is 41.7. The zero-order valence-electron chi connectivity index (χ0n) is 12.2. The average molecular weight is 313 g/mol. The number of hydrogen-bond donors (Lipinski definition) is 2. The predicted octanol–water partition coefficient (Wildman–Crippen LogP) is 1.31. The quantitative estimate of drug-likeness (QED) is 0.746. The van der Waals surface area contributed by atoms with E-state index >= 15 is 0 Å². The van der Waals surface area contributed by atoms with Gasteiger partial charge >= 0.3 is 5.97 Å². The minimum atomic E-state index is -1.02. The van der Waals surface area contributed by atoms with Crippen LogP contribution in [0.15, 0.2) is 42.7 Å². The average Bonchev–Trinajstić information content (AvgIpc) is 2.59. The van der Waals surface area contributed by atoms with Gasteiger partial charge in [0.1, 0.15) is 6.29 Å². The summed E-state index contributed by atoms with van der Waals surface area (Å²) in [6.07, 6.45) is 3.65. The van der Waals surface area contributed by atoms with Crippen LogP contribution >= 0.6 is 0 Å². The first-order chi connectivity index (χ1) is 11.1. The first kappa shape index (κ1) is 16.3. The molecule has 0 aliphatic carbocycles. The summed E-state index contributed by atoms with van der Waals surface area (Å²) in [5, 5.41) is 11.1. The number of aromatic nitrogens is 2. The van der Waals surface area contributed by atoms with Gasteiger partial charge < -0.3 is 15.2 Å². The fourth-order valence-corrected chi connectivity index (χ4v) is 1.92. The minimum Gasteiger partial charge on any atom is -0.481 e. The molecule has 23 heavy (non-hydrogen) atoms. The Labute approximate surface area is 132 Å². The van der Waals surface area contributed by atoms with Gasteiger partial charge in [-0.1, -0.05) is 12.1 Å². The standard InChI is InChI=1S/C16H15N3O4/c20-10-13(6-7-14(21)22)19-16(23)12-4-2-11(3-5-12)15-17-8-1-9-18-15/h1-5,8-10,13H,6-7H2,(H,19,23)(H,21,22). The van der Waals surface area contributed by atoms with E-state index in [2.05, 4.69) is 15.3 Å². The molecule has 0 fully saturated rings. The first-order valence-corrected chi connectivity index (χ1v) is 6.95. The van der Waals surface area contributed by atoms with Crippen LogP contribution in [0.5, 0.6) is 0 Å². The normalized spacial score (nSPS) is 11.5. The van der Waals surface area contributed by atoms with Gasteiger partial charge in [-0.2, -0.15) is 0 Å². The Hall–Kier alpha value is -3.09. The Kier molecular flexibility index (Phi) is 5.51. The van der Waals surface area contributed by atoms with Gasteiger partial charge in [-0.15, -0.1) is 0 Å². The molecular formula is C16H15N3O4. The van der Waals surface area contributed by atoms with E-state index in [1.807, 2.05) is 0 Å². The number of carboxylic acid groups (broad SMARTS) is 1. The molecule has 2 rings (SSSR count). The largest absolute Gasteiger partial charge is 0.481 e. The van der Waals surface area contributed by atoms with Crippen molar-refractivity contribution < 1.29 is 19.5 Å². The van der Waals surface area contributed by atoms with Gasteiger partial charge in [0, 0.05) is 29.9 Å². The summed E-state index contributed by atoms with van der Waals surface area (Å²) in [7, 11) is 0. The number of aldehydes is 1. The molecule has 0 spiro atoms. The molecule has 1 aromatic heterocycles. The molecule has 1 unspecified atom stereocenters. The molecule has 118 valence electrons. The highest BCUT2D eigenvalue weighted by Gasteiger charge is 2.14. The van der Waals surface area contributed by atoms with Crippen LogP contribution in [0.3, 0.4) is 0 Å². The lowest BCUT2D eigenvalue weighted by molar-refractivity contribution is -0.137. The van der Waals surface area contributed by atoms with E-state index in [0.717, 1.165) is 5.56 Å². The predicted molar refractivity (Wildman–Crippen MR) is 81.7 cm³/mol. The summed E-state index contributed by atoms with van der Waals surface area (Å²) in [6, 6.07) is 7.49. The number of nitrogens with zero attached hydrogens (tertiary/aromatic N) is 2. The zero-order chi connectivity index (χ0) is 16.7. The second-order valence-electron chi connectivity index (χ2n) is 4.80. The van der Waals surface area contributed by atoms with E-state index in [-0.39, 0.29) is 12.8 Å². The highest BCUT2D eigenvalue weighted by atomic mass is 16.4. The number of benzene rings is 1. The van der Waals surface area contributed by atoms with Crippen molar-refractivity contribution in [3.8, 4) is 11.4 Å². The number of amides is 1. The van der Waals surface area contributed by atoms with Gasteiger partial charge in [-0.25, -0.2) is 9.97 Å². The molecule has 1 heterocycles. The van der Waals surface area contributed by atoms with Crippen LogP contribution in [0.25, 0.3) is 11.4 Å². The van der Waals surface area contributed by atoms with Crippen LogP contribution in [0.2, 0.25) is 0 Å². The van der Waals surface area contributed by atoms with Gasteiger partial charge in [-0.3, -0.25) is 9.59 Å². The zero-order valence-corrected chi connectivity index (χ0v) is 12.2. The number of hydrogen-bond acceptors (Lipinski definition) is 5. The Balaban J connectivity index is 2.02. The molecule has 0 saturated heterocycles. The second-order valence-corrected chi connectivity index (χ2v) is 4.80. The highest BCUT2D eigenvalue weighted by molar-refractivity contribution is 5.96. The summed E-state index contributed by atoms with van der Waals surface area (Å²) >= 11 is 0. The van der Waals surface area contributed by atoms with Gasteiger partial charge in [0.05, 0.1) is 6.04 Å². The Bertz CT molecular complexity index is 686. The second kappa shape index (κ2) is 7.79. The molecule has 1 aromatic carbocycles. The topological polar surface area (TPSA) is 109 Å². The third-order valence-corrected chi connectivity index (χ3v) is 3.12. The summed E-state index contributed by atoms with van der Waals surface area (Å²) in [5.74, 6) is -0.905. The van der Waals surface area contributed by atoms with Crippen molar-refractivity contribution in [1.82, 2.24) is 15.3 Å². The molecule has 1 atom stereocenters. The maximum atomic E-state index is 12.1. The van der Waals surface area contributed by atoms with Crippen LogP contribution in [0.4, 0.5) is 0 Å². The fourth-order valence-electron chi connectivity index (χ4n) is 1.92. The van der Waals surface area contributed by atoms with Gasteiger partial charge in [0.2, 0.25) is 0 Å². The molecule has 1 amide bonds. The molecule has 2 N–H and O–H groups in total. The first-order valence-electron chi connectivity index (χ1n) is 6.95. The van der Waals surface area contributed by atoms with Crippen molar-refractivity contribution in [2.75, 3.05) is 0 Å². The molecule has 0 saturated carbocycles. The number of nitrogens with one attached hydrogen (secondary N) is 1. The van der Waals surface area contributed by atoms with Crippen LogP contribution in [0.1, 0.15) is 23.2 Å². The van der Waals surface area contributed by atoms with Crippen molar-refractivity contribution in [2.45, 2.75) is 18.9 Å². The fraction of sp³-hybridized carbons (Fsp3) is 0.188. The lowest BCUT2D eigenvalue weighted by atomic mass is 10.1. The van der Waals surface area contributed by atoms with Crippen LogP contribution in [-0.4, -0.2) is 39.3 Å². The molecule has 7 nitrogen and oxygen atoms in total. The smallest absolute Gasteiger partial charge is 0.303 e. The number of aliphatic carboxylic acids is 1. The van der Waals surface area contributed by atoms with E-state index < -0.39 is 17.9 Å². The number of carbonyl (C=O) groups is 3. The van der Waals surface area contributed by atoms with Crippen LogP contribution in [0, 0.1) is 0 Å². The van der Waals surface area contributed by atoms with Crippen molar-refractivity contribution in [2.24, 2.45) is 0 Å². The van der Waals surface area contributed by atoms with Crippen molar-refractivity contribution in [3.05, 3.63) is 48.3 Å². The number of carbonyl (C=O) groups excluding carboxylic acids is 2. The van der Waals surface area contributed by atoms with Crippen molar-refractivity contribution in [1.29, 1.82) is 0 Å². The lowest BCUT2D eigenvalue weighted by Gasteiger charge is -2.11. The third-order valence-electron chi connectivity index (χ3n) is 3.12. The van der Waals surface area contributed by atoms with Gasteiger partial charge in [-0.05, 0) is 24.6 Å². The van der Waals surface area contributed by atoms with Gasteiger partial charge in [0.25, 0.3) is 5.91 Å². The Morgan fingerprint density at radius 2 is 1.83 bits per heavy atom. The maximum Gasteiger partial charge on any atom is 0.303 e. The SMILES string of the molecule is O=CC(CCC(=O)O)NC(=O)c1ccc(-c2ncccn2)cc1. The Morgan fingerprint density at radius 1 is 1.17 bits per heavy atom. The number of carboxylic acids is 1. The molecule has 0 aliphatic rings. The molecule has 0 radical (unpaired) electrons. The summed E-state index contributed by atoms with van der Waals surface area (Å²) in [5.41, 5.74) is 1.13. The third kappa shape index (κ3) is 4.70. The molecule has 7 heteroatoms. The molecular weight excluding hydrogens is 298 g/mol. The van der Waals surface area contributed by atoms with E-state index in [1.54, 1.807) is 42.7 Å². The van der Waals surface area contributed by atoms with Crippen LogP contribution < -0.4 is 5.32 Å². The number of rotatable bonds is 7. The molecule has 2 aromatic rings. The maximum absolute atomic E-state index is 12.1. The summed E-state index contributed by atoms with van der Waals surface area (Å²) in [6.45, 7) is 0. The summed E-state index contributed by atoms with van der Waals surface area (Å²) < 4.78 is 0. The van der Waals surface area contributed by atoms with E-state index in [9.17, 15) is 14.4 Å². The highest BCUT2D eigenvalue weighted by Crippen LogP contribution is 2.14. The minimum absolute atomic E-state index is 0.0561. The van der Waals surface area contributed by atoms with E-state index in [1.165, 1.54) is 0 Å². The van der Waals surface area contributed by atoms with Crippen LogP contribution in [-0.2, 0) is 9.59 Å². The van der Waals surface area contributed by atoms with Gasteiger partial charge in [0.15, 0.2) is 5.82 Å². The van der Waals surface area contributed by atoms with Crippen molar-refractivity contribution >= 4 is 18.2 Å². The molecule has 0 aliphatic heterocycles. The molecule has 0 bridgehead atoms. The monoisotopic (exact) mass is 313 g/mol. The van der Waals surface area contributed by atoms with E-state index in [4.69, 9.17) is 5.11 Å². The van der Waals surface area contributed by atoms with E-state index in [0.29, 0.717) is 17.7 Å². The lowest BCUT2D eigenvalue weighted by Crippen LogP contribution is -2.36.